The summed E-state index contributed by atoms with van der Waals surface area (Å²) < 4.78 is 0. The molecule has 0 bridgehead atoms. The normalized spacial score (nSPS) is 20.9. The summed E-state index contributed by atoms with van der Waals surface area (Å²) >= 11 is 0. The summed E-state index contributed by atoms with van der Waals surface area (Å²) in [5, 5.41) is 3.72. The van der Waals surface area contributed by atoms with Crippen LogP contribution in [0.4, 0.5) is 0 Å². The smallest absolute Gasteiger partial charge is 0.00675 e. The van der Waals surface area contributed by atoms with Crippen LogP contribution >= 0.6 is 0 Å². The molecule has 2 nitrogen and oxygen atoms in total. The average molecular weight is 224 g/mol. The molecular weight excluding hydrogens is 196 g/mol. The lowest BCUT2D eigenvalue weighted by molar-refractivity contribution is 0.211. The van der Waals surface area contributed by atoms with Crippen molar-refractivity contribution in [2.24, 2.45) is 5.92 Å². The molecule has 0 aromatic carbocycles. The maximum absolute atomic E-state index is 3.79. The zero-order chi connectivity index (χ0) is 11.8. The summed E-state index contributed by atoms with van der Waals surface area (Å²) in [6.45, 7) is 9.82. The van der Waals surface area contributed by atoms with E-state index in [1.54, 1.807) is 0 Å². The Morgan fingerprint density at radius 2 is 2.12 bits per heavy atom. The summed E-state index contributed by atoms with van der Waals surface area (Å²) in [6.07, 6.45) is 8.37. The van der Waals surface area contributed by atoms with Gasteiger partial charge in [0.25, 0.3) is 0 Å². The van der Waals surface area contributed by atoms with E-state index in [-0.39, 0.29) is 0 Å². The van der Waals surface area contributed by atoms with Crippen LogP contribution in [-0.2, 0) is 0 Å². The number of nitrogens with zero attached hydrogens (tertiary/aromatic N) is 1. The Hall–Kier alpha value is -0.340. The minimum Gasteiger partial charge on any atom is -0.314 e. The van der Waals surface area contributed by atoms with Gasteiger partial charge >= 0.3 is 0 Å². The molecule has 1 saturated heterocycles. The van der Waals surface area contributed by atoms with E-state index in [4.69, 9.17) is 0 Å². The van der Waals surface area contributed by atoms with E-state index >= 15 is 0 Å². The molecule has 16 heavy (non-hydrogen) atoms. The average Bonchev–Trinajstić information content (AvgIpc) is 2.32. The molecule has 1 aliphatic heterocycles. The van der Waals surface area contributed by atoms with Crippen LogP contribution in [0, 0.1) is 5.92 Å². The predicted octanol–water partition coefficient (Wildman–Crippen LogP) is 2.66. The molecule has 1 unspecified atom stereocenters. The standard InChI is InChI=1S/C14H28N2/c1-4-6-7-14(5-2)15-12-13-8-10-16(3)11-9-13/h4,13-15H,1,5-12H2,2-3H3. The molecule has 0 saturated carbocycles. The van der Waals surface area contributed by atoms with Gasteiger partial charge < -0.3 is 10.2 Å². The van der Waals surface area contributed by atoms with Gasteiger partial charge in [0.15, 0.2) is 0 Å². The van der Waals surface area contributed by atoms with E-state index in [1.165, 1.54) is 45.3 Å². The van der Waals surface area contributed by atoms with Crippen LogP contribution in [0.5, 0.6) is 0 Å². The summed E-state index contributed by atoms with van der Waals surface area (Å²) in [7, 11) is 2.22. The van der Waals surface area contributed by atoms with Gasteiger partial charge in [0, 0.05) is 6.04 Å². The number of hydrogen-bond acceptors (Lipinski definition) is 2. The largest absolute Gasteiger partial charge is 0.314 e. The Labute approximate surface area is 101 Å². The first-order valence-electron chi connectivity index (χ1n) is 6.79. The van der Waals surface area contributed by atoms with Crippen molar-refractivity contribution < 1.29 is 0 Å². The van der Waals surface area contributed by atoms with E-state index in [0.29, 0.717) is 6.04 Å². The third kappa shape index (κ3) is 5.13. The SMILES string of the molecule is C=CCCC(CC)NCC1CCN(C)CC1. The van der Waals surface area contributed by atoms with Gasteiger partial charge in [-0.25, -0.2) is 0 Å². The molecule has 94 valence electrons. The summed E-state index contributed by atoms with van der Waals surface area (Å²) in [4.78, 5) is 2.44. The Morgan fingerprint density at radius 1 is 1.44 bits per heavy atom. The Kier molecular flexibility index (Phi) is 6.74. The minimum absolute atomic E-state index is 0.692. The molecule has 1 N–H and O–H groups in total. The van der Waals surface area contributed by atoms with Gasteiger partial charge in [-0.15, -0.1) is 6.58 Å². The van der Waals surface area contributed by atoms with Crippen molar-refractivity contribution in [3.63, 3.8) is 0 Å². The van der Waals surface area contributed by atoms with Crippen molar-refractivity contribution in [2.75, 3.05) is 26.7 Å². The Morgan fingerprint density at radius 3 is 2.69 bits per heavy atom. The molecule has 1 heterocycles. The van der Waals surface area contributed by atoms with Crippen molar-refractivity contribution in [1.29, 1.82) is 0 Å². The first kappa shape index (κ1) is 13.7. The molecule has 1 fully saturated rings. The van der Waals surface area contributed by atoms with E-state index < -0.39 is 0 Å². The molecule has 0 amide bonds. The number of hydrogen-bond donors (Lipinski definition) is 1. The highest BCUT2D eigenvalue weighted by molar-refractivity contribution is 4.76. The third-order valence-corrected chi connectivity index (χ3v) is 3.75. The van der Waals surface area contributed by atoms with Gasteiger partial charge in [0.1, 0.15) is 0 Å². The Balaban J connectivity index is 2.14. The molecule has 0 aromatic heterocycles. The first-order valence-corrected chi connectivity index (χ1v) is 6.79. The second-order valence-corrected chi connectivity index (χ2v) is 5.13. The van der Waals surface area contributed by atoms with Crippen molar-refractivity contribution >= 4 is 0 Å². The maximum Gasteiger partial charge on any atom is 0.00675 e. The van der Waals surface area contributed by atoms with Crippen LogP contribution in [0.15, 0.2) is 12.7 Å². The number of likely N-dealkylation sites (tertiary alicyclic amines) is 1. The molecule has 0 spiro atoms. The highest BCUT2D eigenvalue weighted by Gasteiger charge is 2.17. The van der Waals surface area contributed by atoms with Gasteiger partial charge in [-0.05, 0) is 64.7 Å². The monoisotopic (exact) mass is 224 g/mol. The molecule has 1 aliphatic rings. The minimum atomic E-state index is 0.692. The second kappa shape index (κ2) is 7.86. The lowest BCUT2D eigenvalue weighted by atomic mass is 9.96. The van der Waals surface area contributed by atoms with Crippen molar-refractivity contribution in [2.45, 2.75) is 45.1 Å². The molecule has 0 radical (unpaired) electrons. The fourth-order valence-electron chi connectivity index (χ4n) is 2.37. The number of allylic oxidation sites excluding steroid dienone is 1. The fourth-order valence-corrected chi connectivity index (χ4v) is 2.37. The van der Waals surface area contributed by atoms with Crippen molar-refractivity contribution in [3.05, 3.63) is 12.7 Å². The predicted molar refractivity (Wildman–Crippen MR) is 71.7 cm³/mol. The van der Waals surface area contributed by atoms with Gasteiger partial charge in [-0.2, -0.15) is 0 Å². The molecular formula is C14H28N2. The van der Waals surface area contributed by atoms with Crippen LogP contribution in [-0.4, -0.2) is 37.6 Å². The lowest BCUT2D eigenvalue weighted by Gasteiger charge is -2.30. The highest BCUT2D eigenvalue weighted by atomic mass is 15.1. The first-order chi connectivity index (χ1) is 7.76. The zero-order valence-electron chi connectivity index (χ0n) is 11.0. The molecule has 1 atom stereocenters. The molecule has 1 rings (SSSR count). The molecule has 0 aliphatic carbocycles. The van der Waals surface area contributed by atoms with Crippen LogP contribution in [0.3, 0.4) is 0 Å². The quantitative estimate of drug-likeness (QED) is 0.669. The van der Waals surface area contributed by atoms with Crippen LogP contribution < -0.4 is 5.32 Å². The topological polar surface area (TPSA) is 15.3 Å². The van der Waals surface area contributed by atoms with E-state index in [1.807, 2.05) is 6.08 Å². The molecule has 2 heteroatoms. The highest BCUT2D eigenvalue weighted by Crippen LogP contribution is 2.15. The van der Waals surface area contributed by atoms with Gasteiger partial charge in [0.2, 0.25) is 0 Å². The van der Waals surface area contributed by atoms with Crippen molar-refractivity contribution in [1.82, 2.24) is 10.2 Å². The maximum atomic E-state index is 3.79. The van der Waals surface area contributed by atoms with Crippen molar-refractivity contribution in [3.8, 4) is 0 Å². The Bertz CT molecular complexity index is 183. The second-order valence-electron chi connectivity index (χ2n) is 5.13. The van der Waals surface area contributed by atoms with Crippen LogP contribution in [0.25, 0.3) is 0 Å². The fraction of sp³-hybridized carbons (Fsp3) is 0.857. The summed E-state index contributed by atoms with van der Waals surface area (Å²) in [5.74, 6) is 0.897. The van der Waals surface area contributed by atoms with E-state index in [9.17, 15) is 0 Å². The summed E-state index contributed by atoms with van der Waals surface area (Å²) in [6, 6.07) is 0.692. The lowest BCUT2D eigenvalue weighted by Crippen LogP contribution is -2.38. The van der Waals surface area contributed by atoms with E-state index in [2.05, 4.69) is 30.8 Å². The molecule has 0 aromatic rings. The van der Waals surface area contributed by atoms with Crippen LogP contribution in [0.1, 0.15) is 39.0 Å². The number of rotatable bonds is 7. The van der Waals surface area contributed by atoms with Gasteiger partial charge in [-0.3, -0.25) is 0 Å². The van der Waals surface area contributed by atoms with Crippen LogP contribution in [0.2, 0.25) is 0 Å². The zero-order valence-corrected chi connectivity index (χ0v) is 11.0. The van der Waals surface area contributed by atoms with Gasteiger partial charge in [-0.1, -0.05) is 13.0 Å². The van der Waals surface area contributed by atoms with E-state index in [0.717, 1.165) is 12.3 Å². The number of nitrogens with one attached hydrogen (secondary N) is 1. The van der Waals surface area contributed by atoms with Gasteiger partial charge in [0.05, 0.1) is 0 Å². The summed E-state index contributed by atoms with van der Waals surface area (Å²) in [5.41, 5.74) is 0. The number of piperidine rings is 1. The third-order valence-electron chi connectivity index (χ3n) is 3.75.